The van der Waals surface area contributed by atoms with E-state index in [0.29, 0.717) is 49.0 Å². The lowest BCUT2D eigenvalue weighted by Gasteiger charge is -2.36. The number of pyridine rings is 2. The summed E-state index contributed by atoms with van der Waals surface area (Å²) in [5.74, 6) is 0.189. The number of nitrogens with one attached hydrogen (secondary N) is 2. The molecule has 41 heavy (non-hydrogen) atoms. The van der Waals surface area contributed by atoms with E-state index >= 15 is 0 Å². The van der Waals surface area contributed by atoms with Gasteiger partial charge in [-0.3, -0.25) is 14.0 Å². The third-order valence-corrected chi connectivity index (χ3v) is 7.07. The molecule has 2 aliphatic heterocycles. The minimum absolute atomic E-state index is 0.142. The molecule has 0 spiro atoms. The van der Waals surface area contributed by atoms with Gasteiger partial charge in [0.25, 0.3) is 12.4 Å². The second kappa shape index (κ2) is 11.9. The molecule has 1 aromatic carbocycles. The van der Waals surface area contributed by atoms with E-state index in [0.717, 1.165) is 34.7 Å². The normalized spacial score (nSPS) is 16.3. The first-order valence-corrected chi connectivity index (χ1v) is 13.2. The number of fused-ring (bicyclic) bond motifs is 2. The third kappa shape index (κ3) is 5.70. The smallest absolute Gasteiger partial charge is 0.290 e. The standard InChI is InChI=1S/C28H30FN7O2.CH2O2/c1-17-16-38-11-10-35(17)23-6-7-25(33-22(23)15-34(2)3)32-21-5-4-19(20-13-31-28(37)27(20)21)24-14-30-26-12-18(29)8-9-36(24)26;2-1-3/h4-9,12,14,17H,10-11,13,15-16H2,1-3H3,(H,31,37)(H,32,33);1H,(H,2,3)/t17-;/m1./s1. The van der Waals surface area contributed by atoms with Crippen LogP contribution in [0, 0.1) is 5.82 Å². The Hall–Kier alpha value is -4.55. The molecule has 2 aliphatic rings. The number of carboxylic acid groups (broad SMARTS) is 1. The number of amides is 1. The Morgan fingerprint density at radius 1 is 1.27 bits per heavy atom. The summed E-state index contributed by atoms with van der Waals surface area (Å²) in [6, 6.07) is 11.0. The summed E-state index contributed by atoms with van der Waals surface area (Å²) in [5.41, 5.74) is 6.40. The van der Waals surface area contributed by atoms with Crippen LogP contribution >= 0.6 is 0 Å². The van der Waals surface area contributed by atoms with E-state index in [1.807, 2.05) is 36.7 Å². The van der Waals surface area contributed by atoms with E-state index in [2.05, 4.69) is 38.4 Å². The predicted molar refractivity (Wildman–Crippen MR) is 153 cm³/mol. The number of benzene rings is 1. The molecule has 5 heterocycles. The van der Waals surface area contributed by atoms with E-state index in [-0.39, 0.29) is 24.2 Å². The molecular formula is C29H32FN7O4. The largest absolute Gasteiger partial charge is 0.483 e. The van der Waals surface area contributed by atoms with Crippen LogP contribution in [0.2, 0.25) is 0 Å². The first-order chi connectivity index (χ1) is 19.8. The molecule has 1 amide bonds. The van der Waals surface area contributed by atoms with E-state index < -0.39 is 0 Å². The van der Waals surface area contributed by atoms with Crippen LogP contribution in [0.25, 0.3) is 16.9 Å². The van der Waals surface area contributed by atoms with E-state index in [1.54, 1.807) is 12.4 Å². The van der Waals surface area contributed by atoms with Gasteiger partial charge in [0, 0.05) is 43.5 Å². The van der Waals surface area contributed by atoms with Crippen molar-refractivity contribution < 1.29 is 23.8 Å². The molecule has 3 N–H and O–H groups in total. The van der Waals surface area contributed by atoms with Gasteiger partial charge in [-0.1, -0.05) is 6.07 Å². The fourth-order valence-corrected chi connectivity index (χ4v) is 5.31. The van der Waals surface area contributed by atoms with Gasteiger partial charge >= 0.3 is 0 Å². The molecule has 0 radical (unpaired) electrons. The van der Waals surface area contributed by atoms with Crippen LogP contribution in [0.4, 0.5) is 21.6 Å². The van der Waals surface area contributed by atoms with Gasteiger partial charge < -0.3 is 30.3 Å². The lowest BCUT2D eigenvalue weighted by atomic mass is 9.99. The molecule has 1 saturated heterocycles. The SMILES string of the molecule is C[C@@H]1COCCN1c1ccc(Nc2ccc(-c3cnc4cc(F)ccn34)c3c2C(=O)NC3)nc1CN(C)C.O=CO. The maximum absolute atomic E-state index is 13.7. The quantitative estimate of drug-likeness (QED) is 0.303. The highest BCUT2D eigenvalue weighted by molar-refractivity contribution is 6.06. The lowest BCUT2D eigenvalue weighted by Crippen LogP contribution is -2.44. The Morgan fingerprint density at radius 3 is 2.83 bits per heavy atom. The number of aromatic nitrogens is 3. The average molecular weight is 562 g/mol. The van der Waals surface area contributed by atoms with E-state index in [4.69, 9.17) is 19.6 Å². The number of rotatable bonds is 6. The maximum Gasteiger partial charge on any atom is 0.290 e. The third-order valence-electron chi connectivity index (χ3n) is 7.07. The van der Waals surface area contributed by atoms with Crippen LogP contribution in [0.3, 0.4) is 0 Å². The number of hydrogen-bond acceptors (Lipinski definition) is 8. The number of ether oxygens (including phenoxy) is 1. The molecule has 1 atom stereocenters. The van der Waals surface area contributed by atoms with Crippen molar-refractivity contribution in [2.45, 2.75) is 26.1 Å². The van der Waals surface area contributed by atoms with Gasteiger partial charge in [-0.25, -0.2) is 14.4 Å². The number of carbonyl (C=O) groups is 2. The molecule has 6 rings (SSSR count). The second-order valence-corrected chi connectivity index (χ2v) is 10.2. The van der Waals surface area contributed by atoms with Crippen LogP contribution in [0.15, 0.2) is 48.8 Å². The molecule has 0 saturated carbocycles. The van der Waals surface area contributed by atoms with Crippen LogP contribution in [-0.4, -0.2) is 76.7 Å². The summed E-state index contributed by atoms with van der Waals surface area (Å²) < 4.78 is 21.2. The summed E-state index contributed by atoms with van der Waals surface area (Å²) in [6.45, 7) is 5.20. The summed E-state index contributed by atoms with van der Waals surface area (Å²) in [7, 11) is 4.05. The number of anilines is 3. The van der Waals surface area contributed by atoms with Crippen LogP contribution in [-0.2, 0) is 22.6 Å². The maximum atomic E-state index is 13.7. The molecule has 1 fully saturated rings. The molecule has 0 unspecified atom stereocenters. The first-order valence-electron chi connectivity index (χ1n) is 13.2. The van der Waals surface area contributed by atoms with Crippen LogP contribution in [0.1, 0.15) is 28.5 Å². The van der Waals surface area contributed by atoms with E-state index in [9.17, 15) is 9.18 Å². The lowest BCUT2D eigenvalue weighted by molar-refractivity contribution is -0.122. The highest BCUT2D eigenvalue weighted by Crippen LogP contribution is 2.36. The van der Waals surface area contributed by atoms with Crippen molar-refractivity contribution in [2.24, 2.45) is 0 Å². The highest BCUT2D eigenvalue weighted by Gasteiger charge is 2.28. The molecule has 12 heteroatoms. The second-order valence-electron chi connectivity index (χ2n) is 10.2. The van der Waals surface area contributed by atoms with Crippen molar-refractivity contribution in [1.29, 1.82) is 0 Å². The molecule has 3 aromatic heterocycles. The van der Waals surface area contributed by atoms with Crippen LogP contribution in [0.5, 0.6) is 0 Å². The van der Waals surface area contributed by atoms with Crippen molar-refractivity contribution in [2.75, 3.05) is 44.1 Å². The Balaban J connectivity index is 0.00000108. The molecule has 4 aromatic rings. The minimum atomic E-state index is -0.341. The van der Waals surface area contributed by atoms with Crippen molar-refractivity contribution in [1.82, 2.24) is 24.6 Å². The van der Waals surface area contributed by atoms with Gasteiger partial charge in [0.15, 0.2) is 0 Å². The number of carbonyl (C=O) groups excluding carboxylic acids is 1. The minimum Gasteiger partial charge on any atom is -0.483 e. The zero-order chi connectivity index (χ0) is 29.1. The average Bonchev–Trinajstić information content (AvgIpc) is 3.53. The van der Waals surface area contributed by atoms with Crippen molar-refractivity contribution in [3.63, 3.8) is 0 Å². The Bertz CT molecular complexity index is 1590. The summed E-state index contributed by atoms with van der Waals surface area (Å²) in [4.78, 5) is 35.1. The Kier molecular flexibility index (Phi) is 8.13. The fourth-order valence-electron chi connectivity index (χ4n) is 5.31. The van der Waals surface area contributed by atoms with Gasteiger partial charge in [-0.05, 0) is 50.8 Å². The zero-order valence-electron chi connectivity index (χ0n) is 23.1. The highest BCUT2D eigenvalue weighted by atomic mass is 19.1. The van der Waals surface area contributed by atoms with Gasteiger partial charge in [-0.2, -0.15) is 0 Å². The predicted octanol–water partition coefficient (Wildman–Crippen LogP) is 3.51. The van der Waals surface area contributed by atoms with Gasteiger partial charge in [-0.15, -0.1) is 0 Å². The number of imidazole rings is 1. The number of nitrogens with zero attached hydrogens (tertiary/aromatic N) is 5. The number of hydrogen-bond donors (Lipinski definition) is 3. The van der Waals surface area contributed by atoms with Crippen molar-refractivity contribution >= 4 is 35.2 Å². The Morgan fingerprint density at radius 2 is 2.07 bits per heavy atom. The first kappa shape index (κ1) is 28.0. The molecular weight excluding hydrogens is 529 g/mol. The molecule has 11 nitrogen and oxygen atoms in total. The monoisotopic (exact) mass is 561 g/mol. The van der Waals surface area contributed by atoms with E-state index in [1.165, 1.54) is 12.1 Å². The summed E-state index contributed by atoms with van der Waals surface area (Å²) >= 11 is 0. The van der Waals surface area contributed by atoms with Crippen LogP contribution < -0.4 is 15.5 Å². The number of morpholine rings is 1. The van der Waals surface area contributed by atoms with Gasteiger partial charge in [0.05, 0.1) is 47.7 Å². The fraction of sp³-hybridized carbons (Fsp3) is 0.310. The zero-order valence-corrected chi connectivity index (χ0v) is 23.1. The molecule has 214 valence electrons. The summed E-state index contributed by atoms with van der Waals surface area (Å²) in [5, 5.41) is 13.2. The topological polar surface area (TPSA) is 124 Å². The van der Waals surface area contributed by atoms with Gasteiger partial charge in [0.2, 0.25) is 0 Å². The van der Waals surface area contributed by atoms with Crippen molar-refractivity contribution in [3.05, 3.63) is 71.4 Å². The Labute approximate surface area is 236 Å². The van der Waals surface area contributed by atoms with Crippen molar-refractivity contribution in [3.8, 4) is 11.3 Å². The number of halogens is 1. The summed E-state index contributed by atoms with van der Waals surface area (Å²) in [6.07, 6.45) is 3.36. The molecule has 0 aliphatic carbocycles. The molecule has 0 bridgehead atoms. The van der Waals surface area contributed by atoms with Gasteiger partial charge in [0.1, 0.15) is 17.3 Å².